The Morgan fingerprint density at radius 3 is 2.71 bits per heavy atom. The molecule has 1 fully saturated rings. The second-order valence-electron chi connectivity index (χ2n) is 5.01. The number of halogens is 1. The minimum absolute atomic E-state index is 0.0546. The van der Waals surface area contributed by atoms with Crippen LogP contribution in [0.15, 0.2) is 12.1 Å². The second kappa shape index (κ2) is 5.24. The maximum Gasteiger partial charge on any atom is 0.193 e. The molecule has 3 nitrogen and oxygen atoms in total. The molecule has 1 atom stereocenters. The molecule has 0 amide bonds. The molecule has 2 rings (SSSR count). The standard InChI is InChI=1S/C12H17ClO3S/c1-12(2)6-15-11(16-7-12)10-4-3-9(17-10)8(13)5-14/h3-4,8,11,14H,5-7H2,1-2H3/t8-/m1/s1. The van der Waals surface area contributed by atoms with Gasteiger partial charge in [-0.3, -0.25) is 0 Å². The van der Waals surface area contributed by atoms with Crippen molar-refractivity contribution in [2.24, 2.45) is 5.41 Å². The fraction of sp³-hybridized carbons (Fsp3) is 0.667. The van der Waals surface area contributed by atoms with E-state index in [-0.39, 0.29) is 23.7 Å². The number of alkyl halides is 1. The smallest absolute Gasteiger partial charge is 0.193 e. The molecule has 0 bridgehead atoms. The first-order chi connectivity index (χ1) is 8.02. The molecule has 1 aliphatic heterocycles. The molecule has 1 aromatic heterocycles. The van der Waals surface area contributed by atoms with Crippen LogP contribution in [0.4, 0.5) is 0 Å². The predicted octanol–water partition coefficient (Wildman–Crippen LogP) is 3.09. The van der Waals surface area contributed by atoms with E-state index in [1.54, 1.807) is 0 Å². The minimum atomic E-state index is -0.339. The summed E-state index contributed by atoms with van der Waals surface area (Å²) in [5.74, 6) is 0. The highest BCUT2D eigenvalue weighted by atomic mass is 35.5. The maximum atomic E-state index is 8.99. The summed E-state index contributed by atoms with van der Waals surface area (Å²) in [6, 6.07) is 3.87. The van der Waals surface area contributed by atoms with Crippen LogP contribution in [0.3, 0.4) is 0 Å². The Balaban J connectivity index is 2.01. The van der Waals surface area contributed by atoms with Crippen molar-refractivity contribution in [3.63, 3.8) is 0 Å². The van der Waals surface area contributed by atoms with E-state index in [0.717, 1.165) is 9.75 Å². The van der Waals surface area contributed by atoms with Crippen molar-refractivity contribution >= 4 is 22.9 Å². The molecule has 0 saturated carbocycles. The van der Waals surface area contributed by atoms with E-state index in [1.807, 2.05) is 12.1 Å². The zero-order valence-corrected chi connectivity index (χ0v) is 11.6. The van der Waals surface area contributed by atoms with Crippen molar-refractivity contribution in [2.45, 2.75) is 25.5 Å². The summed E-state index contributed by atoms with van der Waals surface area (Å²) in [5.41, 5.74) is 0.0801. The Hall–Kier alpha value is -0.130. The number of hydrogen-bond donors (Lipinski definition) is 1. The van der Waals surface area contributed by atoms with Gasteiger partial charge in [0.2, 0.25) is 0 Å². The zero-order valence-electron chi connectivity index (χ0n) is 9.98. The van der Waals surface area contributed by atoms with Crippen LogP contribution in [-0.2, 0) is 9.47 Å². The molecule has 0 spiro atoms. The first-order valence-corrected chi connectivity index (χ1v) is 6.85. The molecule has 0 aromatic carbocycles. The van der Waals surface area contributed by atoms with Gasteiger partial charge in [0.05, 0.1) is 30.1 Å². The zero-order chi connectivity index (χ0) is 12.5. The molecule has 96 valence electrons. The summed E-state index contributed by atoms with van der Waals surface area (Å²) in [5, 5.41) is 8.65. The highest BCUT2D eigenvalue weighted by Gasteiger charge is 2.30. The van der Waals surface area contributed by atoms with Gasteiger partial charge >= 0.3 is 0 Å². The molecule has 5 heteroatoms. The minimum Gasteiger partial charge on any atom is -0.394 e. The van der Waals surface area contributed by atoms with Crippen LogP contribution in [0.2, 0.25) is 0 Å². The largest absolute Gasteiger partial charge is 0.394 e. The van der Waals surface area contributed by atoms with E-state index in [9.17, 15) is 0 Å². The Kier molecular flexibility index (Phi) is 4.10. The van der Waals surface area contributed by atoms with E-state index in [2.05, 4.69) is 13.8 Å². The molecule has 0 aliphatic carbocycles. The van der Waals surface area contributed by atoms with Crippen LogP contribution in [0, 0.1) is 5.41 Å². The number of rotatable bonds is 3. The third-order valence-corrected chi connectivity index (χ3v) is 4.32. The van der Waals surface area contributed by atoms with E-state index in [0.29, 0.717) is 13.2 Å². The van der Waals surface area contributed by atoms with Gasteiger partial charge in [0.1, 0.15) is 0 Å². The van der Waals surface area contributed by atoms with E-state index >= 15 is 0 Å². The normalized spacial score (nSPS) is 22.6. The molecular formula is C12H17ClO3S. The number of aliphatic hydroxyl groups is 1. The average Bonchev–Trinajstić information content (AvgIpc) is 2.77. The lowest BCUT2D eigenvalue weighted by atomic mass is 9.96. The van der Waals surface area contributed by atoms with Crippen LogP contribution in [0.25, 0.3) is 0 Å². The molecule has 1 N–H and O–H groups in total. The van der Waals surface area contributed by atoms with E-state index in [1.165, 1.54) is 11.3 Å². The molecule has 1 aromatic rings. The summed E-state index contributed by atoms with van der Waals surface area (Å²) in [4.78, 5) is 1.95. The lowest BCUT2D eigenvalue weighted by molar-refractivity contribution is -0.224. The third kappa shape index (κ3) is 3.20. The quantitative estimate of drug-likeness (QED) is 0.862. The fourth-order valence-electron chi connectivity index (χ4n) is 1.61. The summed E-state index contributed by atoms with van der Waals surface area (Å²) < 4.78 is 11.4. The Labute approximate surface area is 110 Å². The van der Waals surface area contributed by atoms with Crippen molar-refractivity contribution in [3.8, 4) is 0 Å². The molecule has 2 heterocycles. The highest BCUT2D eigenvalue weighted by molar-refractivity contribution is 7.12. The van der Waals surface area contributed by atoms with Crippen molar-refractivity contribution in [1.29, 1.82) is 0 Å². The van der Waals surface area contributed by atoms with Gasteiger partial charge < -0.3 is 14.6 Å². The first-order valence-electron chi connectivity index (χ1n) is 5.59. The van der Waals surface area contributed by atoms with Crippen LogP contribution in [-0.4, -0.2) is 24.9 Å². The predicted molar refractivity (Wildman–Crippen MR) is 68.4 cm³/mol. The van der Waals surface area contributed by atoms with Crippen LogP contribution >= 0.6 is 22.9 Å². The summed E-state index contributed by atoms with van der Waals surface area (Å²) in [6.07, 6.45) is -0.288. The summed E-state index contributed by atoms with van der Waals surface area (Å²) in [6.45, 7) is 5.55. The average molecular weight is 277 g/mol. The molecule has 1 saturated heterocycles. The molecule has 0 unspecified atom stereocenters. The number of hydrogen-bond acceptors (Lipinski definition) is 4. The summed E-state index contributed by atoms with van der Waals surface area (Å²) >= 11 is 7.50. The molecule has 17 heavy (non-hydrogen) atoms. The lowest BCUT2D eigenvalue weighted by Gasteiger charge is -2.34. The Morgan fingerprint density at radius 2 is 2.12 bits per heavy atom. The van der Waals surface area contributed by atoms with Gasteiger partial charge in [-0.1, -0.05) is 13.8 Å². The van der Waals surface area contributed by atoms with Crippen LogP contribution in [0.1, 0.15) is 35.3 Å². The second-order valence-corrected chi connectivity index (χ2v) is 6.68. The Morgan fingerprint density at radius 1 is 1.47 bits per heavy atom. The third-order valence-electron chi connectivity index (χ3n) is 2.60. The molecule has 1 aliphatic rings. The van der Waals surface area contributed by atoms with Crippen molar-refractivity contribution in [3.05, 3.63) is 21.9 Å². The van der Waals surface area contributed by atoms with Gasteiger partial charge in [-0.2, -0.15) is 0 Å². The number of thiophene rings is 1. The monoisotopic (exact) mass is 276 g/mol. The molecular weight excluding hydrogens is 260 g/mol. The van der Waals surface area contributed by atoms with Crippen LogP contribution < -0.4 is 0 Å². The number of aliphatic hydroxyl groups excluding tert-OH is 1. The highest BCUT2D eigenvalue weighted by Crippen LogP contribution is 2.36. The fourth-order valence-corrected chi connectivity index (χ4v) is 2.80. The van der Waals surface area contributed by atoms with Crippen molar-refractivity contribution < 1.29 is 14.6 Å². The maximum absolute atomic E-state index is 8.99. The molecule has 0 radical (unpaired) electrons. The van der Waals surface area contributed by atoms with Crippen molar-refractivity contribution in [2.75, 3.05) is 19.8 Å². The van der Waals surface area contributed by atoms with Crippen molar-refractivity contribution in [1.82, 2.24) is 0 Å². The van der Waals surface area contributed by atoms with E-state index in [4.69, 9.17) is 26.2 Å². The van der Waals surface area contributed by atoms with Gasteiger partial charge in [0, 0.05) is 10.3 Å². The SMILES string of the molecule is CC1(C)COC(c2ccc([C@H](Cl)CO)s2)OC1. The first kappa shape index (κ1) is 13.3. The van der Waals surface area contributed by atoms with Gasteiger partial charge in [-0.25, -0.2) is 0 Å². The van der Waals surface area contributed by atoms with Crippen LogP contribution in [0.5, 0.6) is 0 Å². The van der Waals surface area contributed by atoms with Gasteiger partial charge in [0.15, 0.2) is 6.29 Å². The van der Waals surface area contributed by atoms with E-state index < -0.39 is 0 Å². The Bertz CT molecular complexity index is 368. The van der Waals surface area contributed by atoms with Gasteiger partial charge in [-0.05, 0) is 12.1 Å². The lowest BCUT2D eigenvalue weighted by Crippen LogP contribution is -2.33. The van der Waals surface area contributed by atoms with Gasteiger partial charge in [-0.15, -0.1) is 22.9 Å². The number of ether oxygens (including phenoxy) is 2. The van der Waals surface area contributed by atoms with Gasteiger partial charge in [0.25, 0.3) is 0 Å². The topological polar surface area (TPSA) is 38.7 Å². The summed E-state index contributed by atoms with van der Waals surface area (Å²) in [7, 11) is 0.